The molecule has 14 nitrogen and oxygen atoms in total. The number of aliphatic carboxylic acids is 2. The lowest BCUT2D eigenvalue weighted by molar-refractivity contribution is -0.139. The molecular formula is C26H44N4O10S2. The Bertz CT molecular complexity index is 1160. The summed E-state index contributed by atoms with van der Waals surface area (Å²) in [6.07, 6.45) is 4.33. The fraction of sp³-hybridized carbons (Fsp3) is 0.462. The molecule has 12 N–H and O–H groups in total. The maximum atomic E-state index is 10.5. The van der Waals surface area contributed by atoms with Crippen LogP contribution in [0.5, 0.6) is 0 Å². The zero-order chi connectivity index (χ0) is 32.9. The first-order valence-corrected chi connectivity index (χ1v) is 15.7. The van der Waals surface area contributed by atoms with Crippen LogP contribution in [0.15, 0.2) is 58.3 Å². The van der Waals surface area contributed by atoms with Crippen molar-refractivity contribution < 1.29 is 45.7 Å². The van der Waals surface area contributed by atoms with E-state index in [2.05, 4.69) is 0 Å². The minimum absolute atomic E-state index is 0.0666. The number of nitrogens with two attached hydrogens (primary N) is 4. The molecule has 0 saturated heterocycles. The lowest BCUT2D eigenvalue weighted by atomic mass is 10.1. The molecule has 2 aromatic rings. The molecule has 0 radical (unpaired) electrons. The Labute approximate surface area is 247 Å². The van der Waals surface area contributed by atoms with Gasteiger partial charge in [-0.1, -0.05) is 48.2 Å². The summed E-state index contributed by atoms with van der Waals surface area (Å²) >= 11 is 0. The van der Waals surface area contributed by atoms with Gasteiger partial charge in [0.15, 0.2) is 0 Å². The van der Waals surface area contributed by atoms with Gasteiger partial charge in [0.05, 0.1) is 9.79 Å². The van der Waals surface area contributed by atoms with E-state index in [4.69, 9.17) is 42.3 Å². The number of rotatable bonds is 12. The van der Waals surface area contributed by atoms with Gasteiger partial charge in [-0.25, -0.2) is 0 Å². The number of hydrogen-bond donors (Lipinski definition) is 8. The Morgan fingerprint density at radius 3 is 1.07 bits per heavy atom. The number of carboxylic acid groups (broad SMARTS) is 2. The van der Waals surface area contributed by atoms with Gasteiger partial charge >= 0.3 is 11.9 Å². The van der Waals surface area contributed by atoms with Gasteiger partial charge in [0.1, 0.15) is 12.1 Å². The molecule has 0 aliphatic rings. The van der Waals surface area contributed by atoms with Crippen LogP contribution in [0.25, 0.3) is 0 Å². The smallest absolute Gasteiger partial charge is 0.320 e. The molecule has 2 rings (SSSR count). The Morgan fingerprint density at radius 1 is 0.619 bits per heavy atom. The summed E-state index contributed by atoms with van der Waals surface area (Å²) in [5.41, 5.74) is 22.8. The molecule has 0 heterocycles. The van der Waals surface area contributed by atoms with E-state index in [1.54, 1.807) is 24.3 Å². The van der Waals surface area contributed by atoms with E-state index in [1.165, 1.54) is 24.3 Å². The fourth-order valence-corrected chi connectivity index (χ4v) is 3.64. The summed E-state index contributed by atoms with van der Waals surface area (Å²) in [6, 6.07) is 10.5. The second-order valence-electron chi connectivity index (χ2n) is 9.03. The lowest BCUT2D eigenvalue weighted by Crippen LogP contribution is -2.29. The molecule has 16 heteroatoms. The third kappa shape index (κ3) is 21.7. The van der Waals surface area contributed by atoms with Crippen molar-refractivity contribution in [3.8, 4) is 0 Å². The normalized spacial score (nSPS) is 12.2. The molecular weight excluding hydrogens is 592 g/mol. The van der Waals surface area contributed by atoms with E-state index in [-0.39, 0.29) is 9.79 Å². The Morgan fingerprint density at radius 2 is 0.881 bits per heavy atom. The first-order valence-electron chi connectivity index (χ1n) is 12.8. The van der Waals surface area contributed by atoms with E-state index in [0.29, 0.717) is 25.9 Å². The van der Waals surface area contributed by atoms with Crippen molar-refractivity contribution >= 4 is 32.2 Å². The van der Waals surface area contributed by atoms with Crippen molar-refractivity contribution in [3.63, 3.8) is 0 Å². The van der Waals surface area contributed by atoms with Gasteiger partial charge in [-0.3, -0.25) is 18.7 Å². The highest BCUT2D eigenvalue weighted by atomic mass is 32.2. The molecule has 0 amide bonds. The van der Waals surface area contributed by atoms with E-state index < -0.39 is 44.3 Å². The summed E-state index contributed by atoms with van der Waals surface area (Å²) in [4.78, 5) is 20.1. The molecule has 2 atom stereocenters. The van der Waals surface area contributed by atoms with Crippen LogP contribution in [0.3, 0.4) is 0 Å². The number of aryl methyl sites for hydroxylation is 2. The average molecular weight is 637 g/mol. The van der Waals surface area contributed by atoms with Crippen molar-refractivity contribution in [2.45, 2.75) is 74.2 Å². The number of carbonyl (C=O) groups is 2. The molecule has 0 aliphatic heterocycles. The van der Waals surface area contributed by atoms with Crippen LogP contribution in [0, 0.1) is 13.8 Å². The predicted octanol–water partition coefficient (Wildman–Crippen LogP) is 1.54. The molecule has 0 bridgehead atoms. The standard InChI is InChI=1S/2C7H8O3S.2C6H14N2O2/c2*1-6-2-4-7(5-3-6)11(8,9)10;2*7-4-2-1-3-5(8)6(9)10/h2*2-5H,1H3,(H,8,9,10);2*5H,1-4,7-8H2,(H,9,10)/t;;2*5-/m..00/s1. The number of carboxylic acids is 2. The highest BCUT2D eigenvalue weighted by molar-refractivity contribution is 7.86. The van der Waals surface area contributed by atoms with Gasteiger partial charge < -0.3 is 33.1 Å². The quantitative estimate of drug-likeness (QED) is 0.121. The second kappa shape index (κ2) is 21.7. The highest BCUT2D eigenvalue weighted by Crippen LogP contribution is 2.09. The van der Waals surface area contributed by atoms with E-state index in [1.807, 2.05) is 13.8 Å². The third-order valence-electron chi connectivity index (χ3n) is 5.21. The lowest BCUT2D eigenvalue weighted by Gasteiger charge is -2.03. The van der Waals surface area contributed by atoms with Gasteiger partial charge in [-0.15, -0.1) is 0 Å². The van der Waals surface area contributed by atoms with E-state index in [9.17, 15) is 26.4 Å². The van der Waals surface area contributed by atoms with Gasteiger partial charge in [0, 0.05) is 0 Å². The van der Waals surface area contributed by atoms with Crippen molar-refractivity contribution in [2.75, 3.05) is 13.1 Å². The Balaban J connectivity index is 0. The maximum Gasteiger partial charge on any atom is 0.320 e. The van der Waals surface area contributed by atoms with Crippen LogP contribution in [0.2, 0.25) is 0 Å². The Kier molecular flexibility index (Phi) is 21.3. The van der Waals surface area contributed by atoms with E-state index in [0.717, 1.165) is 36.8 Å². The molecule has 42 heavy (non-hydrogen) atoms. The zero-order valence-electron chi connectivity index (χ0n) is 23.8. The van der Waals surface area contributed by atoms with Crippen LogP contribution in [-0.4, -0.2) is 73.3 Å². The average Bonchev–Trinajstić information content (AvgIpc) is 2.89. The first kappa shape index (κ1) is 41.2. The van der Waals surface area contributed by atoms with Gasteiger partial charge in [-0.2, -0.15) is 16.8 Å². The molecule has 240 valence electrons. The maximum absolute atomic E-state index is 10.5. The number of unbranched alkanes of at least 4 members (excludes halogenated alkanes) is 2. The van der Waals surface area contributed by atoms with Crippen LogP contribution >= 0.6 is 0 Å². The van der Waals surface area contributed by atoms with Crippen LogP contribution < -0.4 is 22.9 Å². The number of benzene rings is 2. The topological polar surface area (TPSA) is 287 Å². The summed E-state index contributed by atoms with van der Waals surface area (Å²) in [5, 5.41) is 16.7. The summed E-state index contributed by atoms with van der Waals surface area (Å²) in [7, 11) is -8.04. The molecule has 0 fully saturated rings. The third-order valence-corrected chi connectivity index (χ3v) is 6.95. The van der Waals surface area contributed by atoms with E-state index >= 15 is 0 Å². The molecule has 0 aromatic heterocycles. The summed E-state index contributed by atoms with van der Waals surface area (Å²) in [6.45, 7) is 4.89. The minimum atomic E-state index is -4.02. The van der Waals surface area contributed by atoms with Crippen LogP contribution in [-0.2, 0) is 29.8 Å². The van der Waals surface area contributed by atoms with Gasteiger partial charge in [0.2, 0.25) is 0 Å². The fourth-order valence-electron chi connectivity index (χ4n) is 2.68. The van der Waals surface area contributed by atoms with Crippen LogP contribution in [0.1, 0.15) is 49.7 Å². The van der Waals surface area contributed by atoms with Gasteiger partial charge in [-0.05, 0) is 76.9 Å². The SMILES string of the molecule is Cc1ccc(S(=O)(=O)O)cc1.Cc1ccc(S(=O)(=O)O)cc1.NCCCC[C@H](N)C(=O)O.NCCCC[C@H](N)C(=O)O. The summed E-state index contributed by atoms with van der Waals surface area (Å²) < 4.78 is 59.1. The zero-order valence-corrected chi connectivity index (χ0v) is 25.4. The van der Waals surface area contributed by atoms with Crippen LogP contribution in [0.4, 0.5) is 0 Å². The molecule has 0 saturated carbocycles. The largest absolute Gasteiger partial charge is 0.480 e. The minimum Gasteiger partial charge on any atom is -0.480 e. The molecule has 0 spiro atoms. The first-order chi connectivity index (χ1) is 19.4. The monoisotopic (exact) mass is 636 g/mol. The molecule has 0 aliphatic carbocycles. The predicted molar refractivity (Wildman–Crippen MR) is 159 cm³/mol. The molecule has 0 unspecified atom stereocenters. The number of hydrogen-bond acceptors (Lipinski definition) is 10. The van der Waals surface area contributed by atoms with Crippen molar-refractivity contribution in [1.82, 2.24) is 0 Å². The van der Waals surface area contributed by atoms with Crippen molar-refractivity contribution in [1.29, 1.82) is 0 Å². The Hall–Kier alpha value is -2.96. The van der Waals surface area contributed by atoms with Crippen molar-refractivity contribution in [2.24, 2.45) is 22.9 Å². The molecule has 2 aromatic carbocycles. The summed E-state index contributed by atoms with van der Waals surface area (Å²) in [5.74, 6) is -1.87. The second-order valence-corrected chi connectivity index (χ2v) is 11.9. The van der Waals surface area contributed by atoms with Crippen molar-refractivity contribution in [3.05, 3.63) is 59.7 Å². The highest BCUT2D eigenvalue weighted by Gasteiger charge is 2.10. The van der Waals surface area contributed by atoms with Gasteiger partial charge in [0.25, 0.3) is 20.2 Å².